The van der Waals surface area contributed by atoms with Crippen LogP contribution in [0.2, 0.25) is 0 Å². The zero-order chi connectivity index (χ0) is 19.0. The fourth-order valence-corrected chi connectivity index (χ4v) is 4.15. The Morgan fingerprint density at radius 3 is 1.83 bits per heavy atom. The van der Waals surface area contributed by atoms with E-state index in [4.69, 9.17) is 0 Å². The van der Waals surface area contributed by atoms with Gasteiger partial charge in [0.25, 0.3) is 0 Å². The summed E-state index contributed by atoms with van der Waals surface area (Å²) in [6, 6.07) is 0. The maximum absolute atomic E-state index is 13.4. The minimum Gasteiger partial charge on any atom is -0.299 e. The summed E-state index contributed by atoms with van der Waals surface area (Å²) in [6.45, 7) is 20.3. The predicted molar refractivity (Wildman–Crippen MR) is 108 cm³/mol. The first kappa shape index (κ1) is 23.7. The minimum atomic E-state index is -0.190. The molecule has 0 aliphatic rings. The molecule has 0 saturated carbocycles. The summed E-state index contributed by atoms with van der Waals surface area (Å²) >= 11 is 0. The molecule has 0 aromatic heterocycles. The molecule has 0 aromatic rings. The first-order chi connectivity index (χ1) is 11.0. The van der Waals surface area contributed by atoms with Gasteiger partial charge in [-0.25, -0.2) is 0 Å². The van der Waals surface area contributed by atoms with E-state index in [1.807, 2.05) is 0 Å². The Balaban J connectivity index is 5.02. The van der Waals surface area contributed by atoms with Gasteiger partial charge in [0, 0.05) is 11.3 Å². The molecule has 24 heavy (non-hydrogen) atoms. The maximum atomic E-state index is 13.4. The van der Waals surface area contributed by atoms with Gasteiger partial charge in [0.05, 0.1) is 0 Å². The Labute approximate surface area is 153 Å². The van der Waals surface area contributed by atoms with Crippen LogP contribution in [0.4, 0.5) is 0 Å². The quantitative estimate of drug-likeness (QED) is 0.356. The van der Waals surface area contributed by atoms with Crippen molar-refractivity contribution >= 4 is 5.78 Å². The molecule has 3 atom stereocenters. The number of carbonyl (C=O) groups excluding carboxylic acids is 1. The summed E-state index contributed by atoms with van der Waals surface area (Å²) in [7, 11) is 0. The van der Waals surface area contributed by atoms with E-state index in [1.165, 1.54) is 32.1 Å². The largest absolute Gasteiger partial charge is 0.299 e. The molecule has 1 heteroatoms. The number of ketones is 1. The van der Waals surface area contributed by atoms with Crippen molar-refractivity contribution in [2.75, 3.05) is 0 Å². The van der Waals surface area contributed by atoms with Gasteiger partial charge in [0.2, 0.25) is 0 Å². The van der Waals surface area contributed by atoms with E-state index in [0.717, 1.165) is 25.2 Å². The molecule has 0 bridgehead atoms. The fourth-order valence-electron chi connectivity index (χ4n) is 4.15. The Kier molecular flexibility index (Phi) is 10.5. The van der Waals surface area contributed by atoms with Crippen LogP contribution < -0.4 is 0 Å². The van der Waals surface area contributed by atoms with Gasteiger partial charge in [0.15, 0.2) is 0 Å². The van der Waals surface area contributed by atoms with Gasteiger partial charge in [-0.05, 0) is 42.9 Å². The van der Waals surface area contributed by atoms with Crippen molar-refractivity contribution in [3.05, 3.63) is 0 Å². The summed E-state index contributed by atoms with van der Waals surface area (Å²) in [6.07, 6.45) is 9.50. The van der Waals surface area contributed by atoms with Crippen molar-refractivity contribution in [1.29, 1.82) is 0 Å². The number of unbranched alkanes of at least 4 members (excludes halogenated alkanes) is 1. The molecule has 0 saturated heterocycles. The third-order valence-corrected chi connectivity index (χ3v) is 6.06. The predicted octanol–water partition coefficient (Wildman–Crippen LogP) is 7.68. The van der Waals surface area contributed by atoms with E-state index >= 15 is 0 Å². The van der Waals surface area contributed by atoms with Crippen LogP contribution in [0.3, 0.4) is 0 Å². The molecule has 0 rings (SSSR count). The standard InChI is InChI=1S/C23H46O/c1-10-13-14-19(11-2)15-16-20(12-3)21(24)23(9,18(4)5)17-22(6,7)8/h18-20H,10-17H2,1-9H3. The van der Waals surface area contributed by atoms with E-state index in [0.29, 0.717) is 11.7 Å². The zero-order valence-electron chi connectivity index (χ0n) is 18.3. The van der Waals surface area contributed by atoms with Gasteiger partial charge in [-0.3, -0.25) is 4.79 Å². The topological polar surface area (TPSA) is 17.1 Å². The molecule has 1 nitrogen and oxygen atoms in total. The van der Waals surface area contributed by atoms with Crippen LogP contribution >= 0.6 is 0 Å². The lowest BCUT2D eigenvalue weighted by Gasteiger charge is -2.40. The van der Waals surface area contributed by atoms with Crippen LogP contribution in [0.25, 0.3) is 0 Å². The van der Waals surface area contributed by atoms with Crippen molar-refractivity contribution in [2.24, 2.45) is 28.6 Å². The average molecular weight is 339 g/mol. The first-order valence-electron chi connectivity index (χ1n) is 10.6. The molecule has 0 aromatic carbocycles. The molecule has 0 spiro atoms. The molecule has 0 heterocycles. The second kappa shape index (κ2) is 10.6. The summed E-state index contributed by atoms with van der Waals surface area (Å²) in [4.78, 5) is 13.4. The van der Waals surface area contributed by atoms with Crippen LogP contribution in [0.15, 0.2) is 0 Å². The maximum Gasteiger partial charge on any atom is 0.142 e. The van der Waals surface area contributed by atoms with E-state index in [9.17, 15) is 4.79 Å². The number of hydrogen-bond acceptors (Lipinski definition) is 1. The highest BCUT2D eigenvalue weighted by Crippen LogP contribution is 2.43. The average Bonchev–Trinajstić information content (AvgIpc) is 2.48. The van der Waals surface area contributed by atoms with Crippen molar-refractivity contribution in [3.63, 3.8) is 0 Å². The molecule has 0 radical (unpaired) electrons. The number of rotatable bonds is 12. The number of carbonyl (C=O) groups is 1. The third-order valence-electron chi connectivity index (χ3n) is 6.06. The van der Waals surface area contributed by atoms with Gasteiger partial charge < -0.3 is 0 Å². The fraction of sp³-hybridized carbons (Fsp3) is 0.957. The van der Waals surface area contributed by atoms with Crippen LogP contribution in [-0.4, -0.2) is 5.78 Å². The van der Waals surface area contributed by atoms with Crippen molar-refractivity contribution in [3.8, 4) is 0 Å². The second-order valence-electron chi connectivity index (χ2n) is 9.77. The molecule has 3 unspecified atom stereocenters. The molecule has 144 valence electrons. The van der Waals surface area contributed by atoms with Crippen molar-refractivity contribution in [2.45, 2.75) is 114 Å². The molecule has 0 aliphatic carbocycles. The van der Waals surface area contributed by atoms with Crippen LogP contribution in [0, 0.1) is 28.6 Å². The molecule has 0 N–H and O–H groups in total. The monoisotopic (exact) mass is 338 g/mol. The first-order valence-corrected chi connectivity index (χ1v) is 10.6. The van der Waals surface area contributed by atoms with Crippen LogP contribution in [0.5, 0.6) is 0 Å². The Morgan fingerprint density at radius 2 is 1.46 bits per heavy atom. The Bertz CT molecular complexity index is 350. The van der Waals surface area contributed by atoms with E-state index in [-0.39, 0.29) is 16.7 Å². The van der Waals surface area contributed by atoms with E-state index in [1.54, 1.807) is 0 Å². The van der Waals surface area contributed by atoms with Crippen LogP contribution in [-0.2, 0) is 4.79 Å². The molecule has 0 aliphatic heterocycles. The normalized spacial score (nSPS) is 17.6. The third kappa shape index (κ3) is 7.70. The van der Waals surface area contributed by atoms with Crippen molar-refractivity contribution < 1.29 is 4.79 Å². The smallest absolute Gasteiger partial charge is 0.142 e. The number of hydrogen-bond donors (Lipinski definition) is 0. The lowest BCUT2D eigenvalue weighted by atomic mass is 9.63. The lowest BCUT2D eigenvalue weighted by molar-refractivity contribution is -0.137. The minimum absolute atomic E-state index is 0.190. The SMILES string of the molecule is CCCCC(CC)CCC(CC)C(=O)C(C)(CC(C)(C)C)C(C)C. The molecule has 0 amide bonds. The lowest BCUT2D eigenvalue weighted by Crippen LogP contribution is -2.41. The van der Waals surface area contributed by atoms with Gasteiger partial charge in [-0.2, -0.15) is 0 Å². The molecular formula is C23H46O. The van der Waals surface area contributed by atoms with Gasteiger partial charge in [-0.15, -0.1) is 0 Å². The highest BCUT2D eigenvalue weighted by atomic mass is 16.1. The highest BCUT2D eigenvalue weighted by Gasteiger charge is 2.42. The zero-order valence-corrected chi connectivity index (χ0v) is 18.3. The number of Topliss-reactive ketones (excluding diaryl/α,β-unsaturated/α-hetero) is 1. The van der Waals surface area contributed by atoms with Crippen LogP contribution in [0.1, 0.15) is 114 Å². The summed E-state index contributed by atoms with van der Waals surface area (Å²) in [5.74, 6) is 1.98. The van der Waals surface area contributed by atoms with Gasteiger partial charge >= 0.3 is 0 Å². The summed E-state index contributed by atoms with van der Waals surface area (Å²) in [5, 5.41) is 0. The van der Waals surface area contributed by atoms with Crippen molar-refractivity contribution in [1.82, 2.24) is 0 Å². The Hall–Kier alpha value is -0.330. The van der Waals surface area contributed by atoms with Gasteiger partial charge in [0.1, 0.15) is 5.78 Å². The molecule has 0 fully saturated rings. The summed E-state index contributed by atoms with van der Waals surface area (Å²) in [5.41, 5.74) is 0.00408. The van der Waals surface area contributed by atoms with Gasteiger partial charge in [-0.1, -0.05) is 88.0 Å². The van der Waals surface area contributed by atoms with E-state index < -0.39 is 0 Å². The summed E-state index contributed by atoms with van der Waals surface area (Å²) < 4.78 is 0. The van der Waals surface area contributed by atoms with E-state index in [2.05, 4.69) is 62.3 Å². The Morgan fingerprint density at radius 1 is 0.875 bits per heavy atom. The second-order valence-corrected chi connectivity index (χ2v) is 9.77. The molecular weight excluding hydrogens is 292 g/mol. The highest BCUT2D eigenvalue weighted by molar-refractivity contribution is 5.87.